The van der Waals surface area contributed by atoms with Crippen LogP contribution in [0.3, 0.4) is 0 Å². The lowest BCUT2D eigenvalue weighted by Crippen LogP contribution is -2.15. The predicted octanol–water partition coefficient (Wildman–Crippen LogP) is 4.64. The van der Waals surface area contributed by atoms with Crippen LogP contribution >= 0.6 is 11.6 Å². The van der Waals surface area contributed by atoms with Crippen molar-refractivity contribution in [3.05, 3.63) is 64.1 Å². The Hall–Kier alpha value is -2.86. The molecule has 3 aromatic rings. The molecule has 0 spiro atoms. The SMILES string of the molecule is Cc1cc(C)c(NC(=O)c2ccc(Nc3cc(C)on3)cn2)c(Cl)c1. The molecule has 128 valence electrons. The number of nitrogens with one attached hydrogen (secondary N) is 2. The van der Waals surface area contributed by atoms with E-state index in [2.05, 4.69) is 20.8 Å². The molecule has 2 N–H and O–H groups in total. The lowest BCUT2D eigenvalue weighted by molar-refractivity contribution is 0.102. The van der Waals surface area contributed by atoms with Gasteiger partial charge in [-0.1, -0.05) is 22.8 Å². The van der Waals surface area contributed by atoms with Crippen LogP contribution < -0.4 is 10.6 Å². The standard InChI is InChI=1S/C18H17ClN4O2/c1-10-6-11(2)17(14(19)7-10)22-18(24)15-5-4-13(9-20-15)21-16-8-12(3)25-23-16/h4-9H,1-3H3,(H,21,23)(H,22,24). The maximum Gasteiger partial charge on any atom is 0.274 e. The van der Waals surface area contributed by atoms with Gasteiger partial charge in [0.15, 0.2) is 5.82 Å². The summed E-state index contributed by atoms with van der Waals surface area (Å²) >= 11 is 6.22. The molecule has 0 aliphatic heterocycles. The molecule has 0 fully saturated rings. The third-order valence-electron chi connectivity index (χ3n) is 3.57. The Morgan fingerprint density at radius 3 is 2.56 bits per heavy atom. The highest BCUT2D eigenvalue weighted by Gasteiger charge is 2.12. The first kappa shape index (κ1) is 17.0. The number of nitrogens with zero attached hydrogens (tertiary/aromatic N) is 2. The molecule has 1 amide bonds. The van der Waals surface area contributed by atoms with Crippen molar-refractivity contribution in [3.8, 4) is 0 Å². The fraction of sp³-hybridized carbons (Fsp3) is 0.167. The van der Waals surface area contributed by atoms with Gasteiger partial charge in [-0.25, -0.2) is 4.98 Å². The summed E-state index contributed by atoms with van der Waals surface area (Å²) in [6, 6.07) is 8.91. The molecule has 1 aromatic carbocycles. The molecule has 0 saturated carbocycles. The molecular weight excluding hydrogens is 340 g/mol. The second-order valence-corrected chi connectivity index (χ2v) is 6.18. The molecule has 7 heteroatoms. The van der Waals surface area contributed by atoms with E-state index >= 15 is 0 Å². The molecule has 2 aromatic heterocycles. The van der Waals surface area contributed by atoms with E-state index in [0.717, 1.165) is 11.1 Å². The normalized spacial score (nSPS) is 10.6. The number of hydrogen-bond donors (Lipinski definition) is 2. The second-order valence-electron chi connectivity index (χ2n) is 5.77. The van der Waals surface area contributed by atoms with E-state index in [-0.39, 0.29) is 11.6 Å². The number of halogens is 1. The Balaban J connectivity index is 1.73. The molecule has 0 unspecified atom stereocenters. The lowest BCUT2D eigenvalue weighted by Gasteiger charge is -2.11. The molecule has 6 nitrogen and oxygen atoms in total. The molecule has 25 heavy (non-hydrogen) atoms. The summed E-state index contributed by atoms with van der Waals surface area (Å²) in [6.45, 7) is 5.66. The minimum atomic E-state index is -0.322. The first-order chi connectivity index (χ1) is 11.9. The van der Waals surface area contributed by atoms with E-state index in [0.29, 0.717) is 28.0 Å². The molecule has 0 atom stereocenters. The first-order valence-corrected chi connectivity index (χ1v) is 8.04. The zero-order chi connectivity index (χ0) is 18.0. The van der Waals surface area contributed by atoms with Crippen molar-refractivity contribution in [3.63, 3.8) is 0 Å². The van der Waals surface area contributed by atoms with Crippen molar-refractivity contribution >= 4 is 34.7 Å². The van der Waals surface area contributed by atoms with Crippen LogP contribution in [0.15, 0.2) is 41.1 Å². The van der Waals surface area contributed by atoms with Crippen LogP contribution in [0.1, 0.15) is 27.4 Å². The number of carbonyl (C=O) groups excluding carboxylic acids is 1. The van der Waals surface area contributed by atoms with Gasteiger partial charge < -0.3 is 15.2 Å². The quantitative estimate of drug-likeness (QED) is 0.711. The van der Waals surface area contributed by atoms with Crippen molar-refractivity contribution in [1.82, 2.24) is 10.1 Å². The van der Waals surface area contributed by atoms with E-state index in [9.17, 15) is 4.79 Å². The lowest BCUT2D eigenvalue weighted by atomic mass is 10.1. The largest absolute Gasteiger partial charge is 0.360 e. The van der Waals surface area contributed by atoms with Crippen LogP contribution in [0.2, 0.25) is 5.02 Å². The number of carbonyl (C=O) groups is 1. The number of amides is 1. The van der Waals surface area contributed by atoms with Gasteiger partial charge in [0.05, 0.1) is 22.6 Å². The Morgan fingerprint density at radius 1 is 1.16 bits per heavy atom. The summed E-state index contributed by atoms with van der Waals surface area (Å²) in [5.74, 6) is 0.966. The summed E-state index contributed by atoms with van der Waals surface area (Å²) in [5.41, 5.74) is 3.53. The van der Waals surface area contributed by atoms with Crippen molar-refractivity contribution in [1.29, 1.82) is 0 Å². The maximum absolute atomic E-state index is 12.4. The third-order valence-corrected chi connectivity index (χ3v) is 3.86. The number of aryl methyl sites for hydroxylation is 3. The summed E-state index contributed by atoms with van der Waals surface area (Å²) < 4.78 is 4.99. The number of aromatic nitrogens is 2. The highest BCUT2D eigenvalue weighted by Crippen LogP contribution is 2.27. The van der Waals surface area contributed by atoms with Gasteiger partial charge in [0.1, 0.15) is 11.5 Å². The smallest absolute Gasteiger partial charge is 0.274 e. The van der Waals surface area contributed by atoms with Crippen molar-refractivity contribution in [2.45, 2.75) is 20.8 Å². The summed E-state index contributed by atoms with van der Waals surface area (Å²) in [7, 11) is 0. The van der Waals surface area contributed by atoms with Gasteiger partial charge in [-0.05, 0) is 50.1 Å². The van der Waals surface area contributed by atoms with Gasteiger partial charge in [-0.3, -0.25) is 4.79 Å². The van der Waals surface area contributed by atoms with Crippen molar-refractivity contribution in [2.75, 3.05) is 10.6 Å². The third kappa shape index (κ3) is 3.97. The van der Waals surface area contributed by atoms with Crippen LogP contribution in [0.5, 0.6) is 0 Å². The Kier molecular flexibility index (Phi) is 4.72. The van der Waals surface area contributed by atoms with E-state index in [1.54, 1.807) is 24.4 Å². The van der Waals surface area contributed by atoms with E-state index in [1.807, 2.05) is 32.9 Å². The molecule has 0 saturated heterocycles. The fourth-order valence-electron chi connectivity index (χ4n) is 2.43. The summed E-state index contributed by atoms with van der Waals surface area (Å²) in [6.07, 6.45) is 1.56. The van der Waals surface area contributed by atoms with Crippen LogP contribution in [0, 0.1) is 20.8 Å². The van der Waals surface area contributed by atoms with Crippen molar-refractivity contribution < 1.29 is 9.32 Å². The summed E-state index contributed by atoms with van der Waals surface area (Å²) in [5, 5.41) is 10.2. The highest BCUT2D eigenvalue weighted by atomic mass is 35.5. The Morgan fingerprint density at radius 2 is 1.96 bits per heavy atom. The van der Waals surface area contributed by atoms with E-state index in [4.69, 9.17) is 16.1 Å². The molecule has 2 heterocycles. The number of rotatable bonds is 4. The number of pyridine rings is 1. The predicted molar refractivity (Wildman–Crippen MR) is 97.6 cm³/mol. The van der Waals surface area contributed by atoms with Crippen LogP contribution in [-0.2, 0) is 0 Å². The topological polar surface area (TPSA) is 80.0 Å². The monoisotopic (exact) mass is 356 g/mol. The minimum absolute atomic E-state index is 0.290. The average molecular weight is 357 g/mol. The highest BCUT2D eigenvalue weighted by molar-refractivity contribution is 6.34. The minimum Gasteiger partial charge on any atom is -0.360 e. The van der Waals surface area contributed by atoms with Crippen LogP contribution in [-0.4, -0.2) is 16.0 Å². The Bertz CT molecular complexity index is 896. The van der Waals surface area contributed by atoms with Gasteiger partial charge in [0, 0.05) is 6.07 Å². The molecular formula is C18H17ClN4O2. The number of benzene rings is 1. The van der Waals surface area contributed by atoms with E-state index < -0.39 is 0 Å². The summed E-state index contributed by atoms with van der Waals surface area (Å²) in [4.78, 5) is 16.6. The molecule has 0 aliphatic rings. The maximum atomic E-state index is 12.4. The van der Waals surface area contributed by atoms with Crippen LogP contribution in [0.4, 0.5) is 17.2 Å². The molecule has 0 aliphatic carbocycles. The van der Waals surface area contributed by atoms with Gasteiger partial charge in [0.2, 0.25) is 0 Å². The van der Waals surface area contributed by atoms with Gasteiger partial charge in [0.25, 0.3) is 5.91 Å². The first-order valence-electron chi connectivity index (χ1n) is 7.67. The van der Waals surface area contributed by atoms with Crippen molar-refractivity contribution in [2.24, 2.45) is 0 Å². The molecule has 3 rings (SSSR count). The van der Waals surface area contributed by atoms with Gasteiger partial charge >= 0.3 is 0 Å². The zero-order valence-corrected chi connectivity index (χ0v) is 14.8. The second kappa shape index (κ2) is 6.94. The average Bonchev–Trinajstić information content (AvgIpc) is 2.96. The number of anilines is 3. The van der Waals surface area contributed by atoms with Gasteiger partial charge in [-0.2, -0.15) is 0 Å². The zero-order valence-electron chi connectivity index (χ0n) is 14.1. The van der Waals surface area contributed by atoms with Crippen LogP contribution in [0.25, 0.3) is 0 Å². The van der Waals surface area contributed by atoms with Gasteiger partial charge in [-0.15, -0.1) is 0 Å². The number of hydrogen-bond acceptors (Lipinski definition) is 5. The Labute approximate surface area is 150 Å². The fourth-order valence-corrected chi connectivity index (χ4v) is 2.80. The molecule has 0 bridgehead atoms. The van der Waals surface area contributed by atoms with E-state index in [1.165, 1.54) is 0 Å². The molecule has 0 radical (unpaired) electrons.